The van der Waals surface area contributed by atoms with Crippen LogP contribution >= 0.6 is 11.6 Å². The van der Waals surface area contributed by atoms with Gasteiger partial charge in [0.1, 0.15) is 0 Å². The lowest BCUT2D eigenvalue weighted by Gasteiger charge is -2.30. The number of primary amides is 1. The summed E-state index contributed by atoms with van der Waals surface area (Å²) in [4.78, 5) is 25.7. The molecule has 2 N–H and O–H groups in total. The van der Waals surface area contributed by atoms with Crippen LogP contribution in [0.3, 0.4) is 0 Å². The Hall–Kier alpha value is -2.58. The van der Waals surface area contributed by atoms with Crippen LogP contribution in [0, 0.1) is 5.92 Å². The van der Waals surface area contributed by atoms with Crippen LogP contribution < -0.4 is 10.0 Å². The second kappa shape index (κ2) is 9.06. The molecule has 2 amide bonds. The number of halogens is 1. The number of rotatable bonds is 6. The second-order valence-corrected chi connectivity index (χ2v) is 9.76. The monoisotopic (exact) mass is 449 g/mol. The van der Waals surface area contributed by atoms with Gasteiger partial charge in [0.2, 0.25) is 15.9 Å². The number of piperidine rings is 1. The fourth-order valence-corrected chi connectivity index (χ4v) is 4.49. The number of anilines is 1. The molecule has 0 unspecified atom stereocenters. The molecule has 1 fully saturated rings. The van der Waals surface area contributed by atoms with Gasteiger partial charge < -0.3 is 10.6 Å². The first-order valence-corrected chi connectivity index (χ1v) is 11.8. The second-order valence-electron chi connectivity index (χ2n) is 7.41. The highest BCUT2D eigenvalue weighted by atomic mass is 35.5. The number of hydrogen-bond donors (Lipinski definition) is 1. The molecule has 160 valence electrons. The number of benzene rings is 2. The summed E-state index contributed by atoms with van der Waals surface area (Å²) in [6.45, 7) is 1.10. The minimum absolute atomic E-state index is 0.145. The van der Waals surface area contributed by atoms with E-state index in [0.29, 0.717) is 42.2 Å². The van der Waals surface area contributed by atoms with Gasteiger partial charge in [-0.2, -0.15) is 0 Å². The van der Waals surface area contributed by atoms with Crippen molar-refractivity contribution in [1.82, 2.24) is 4.90 Å². The zero-order valence-corrected chi connectivity index (χ0v) is 18.2. The molecule has 1 heterocycles. The molecule has 0 spiro atoms. The van der Waals surface area contributed by atoms with Crippen molar-refractivity contribution in [2.45, 2.75) is 19.4 Å². The minimum Gasteiger partial charge on any atom is -0.369 e. The van der Waals surface area contributed by atoms with Crippen molar-refractivity contribution in [3.05, 3.63) is 64.7 Å². The molecular weight excluding hydrogens is 426 g/mol. The Kier molecular flexibility index (Phi) is 6.67. The van der Waals surface area contributed by atoms with Crippen molar-refractivity contribution in [2.24, 2.45) is 11.7 Å². The first-order valence-electron chi connectivity index (χ1n) is 9.56. The van der Waals surface area contributed by atoms with E-state index < -0.39 is 10.0 Å². The van der Waals surface area contributed by atoms with Crippen LogP contribution in [0.25, 0.3) is 0 Å². The SMILES string of the molecule is CS(=O)(=O)N(Cc1ccc(Cl)cc1)c1ccc(C(=O)N2CCC(C(N)=O)CC2)cc1. The van der Waals surface area contributed by atoms with Crippen molar-refractivity contribution in [3.8, 4) is 0 Å². The van der Waals surface area contributed by atoms with Gasteiger partial charge in [0.15, 0.2) is 0 Å². The van der Waals surface area contributed by atoms with E-state index in [4.69, 9.17) is 17.3 Å². The Bertz CT molecular complexity index is 1020. The van der Waals surface area contributed by atoms with E-state index >= 15 is 0 Å². The average molecular weight is 450 g/mol. The van der Waals surface area contributed by atoms with Gasteiger partial charge in [-0.1, -0.05) is 23.7 Å². The number of carbonyl (C=O) groups excluding carboxylic acids is 2. The Morgan fingerprint density at radius 2 is 1.63 bits per heavy atom. The molecule has 1 saturated heterocycles. The lowest BCUT2D eigenvalue weighted by molar-refractivity contribution is -0.123. The topological polar surface area (TPSA) is 101 Å². The van der Waals surface area contributed by atoms with Crippen LogP contribution in [0.4, 0.5) is 5.69 Å². The minimum atomic E-state index is -3.53. The summed E-state index contributed by atoms with van der Waals surface area (Å²) in [5.74, 6) is -0.659. The summed E-state index contributed by atoms with van der Waals surface area (Å²) in [6.07, 6.45) is 2.26. The first-order chi connectivity index (χ1) is 14.1. The Labute approximate surface area is 181 Å². The van der Waals surface area contributed by atoms with Crippen LogP contribution in [0.5, 0.6) is 0 Å². The highest BCUT2D eigenvalue weighted by molar-refractivity contribution is 7.92. The molecular formula is C21H24ClN3O4S. The summed E-state index contributed by atoms with van der Waals surface area (Å²) >= 11 is 5.90. The molecule has 0 bridgehead atoms. The van der Waals surface area contributed by atoms with Crippen LogP contribution in [-0.4, -0.2) is 44.5 Å². The van der Waals surface area contributed by atoms with E-state index in [1.165, 1.54) is 4.31 Å². The molecule has 7 nitrogen and oxygen atoms in total. The Balaban J connectivity index is 1.74. The normalized spacial score (nSPS) is 15.1. The fourth-order valence-electron chi connectivity index (χ4n) is 3.48. The average Bonchev–Trinajstić information content (AvgIpc) is 2.72. The van der Waals surface area contributed by atoms with E-state index in [-0.39, 0.29) is 24.3 Å². The van der Waals surface area contributed by atoms with Gasteiger partial charge in [-0.25, -0.2) is 8.42 Å². The van der Waals surface area contributed by atoms with Gasteiger partial charge in [-0.05, 0) is 54.8 Å². The molecule has 3 rings (SSSR count). The number of carbonyl (C=O) groups is 2. The van der Waals surface area contributed by atoms with Gasteiger partial charge in [0.05, 0.1) is 18.5 Å². The van der Waals surface area contributed by atoms with Crippen molar-refractivity contribution >= 4 is 39.1 Å². The van der Waals surface area contributed by atoms with E-state index in [0.717, 1.165) is 11.8 Å². The van der Waals surface area contributed by atoms with Crippen LogP contribution in [-0.2, 0) is 21.4 Å². The predicted molar refractivity (Wildman–Crippen MR) is 117 cm³/mol. The number of sulfonamides is 1. The maximum absolute atomic E-state index is 12.7. The fraction of sp³-hybridized carbons (Fsp3) is 0.333. The lowest BCUT2D eigenvalue weighted by atomic mass is 9.96. The van der Waals surface area contributed by atoms with Crippen molar-refractivity contribution < 1.29 is 18.0 Å². The van der Waals surface area contributed by atoms with Gasteiger partial charge in [0.25, 0.3) is 5.91 Å². The molecule has 0 saturated carbocycles. The predicted octanol–water partition coefficient (Wildman–Crippen LogP) is 2.64. The zero-order chi connectivity index (χ0) is 21.9. The number of likely N-dealkylation sites (tertiary alicyclic amines) is 1. The Morgan fingerprint density at radius 3 is 2.13 bits per heavy atom. The Morgan fingerprint density at radius 1 is 1.07 bits per heavy atom. The van der Waals surface area contributed by atoms with E-state index in [1.807, 2.05) is 0 Å². The van der Waals surface area contributed by atoms with E-state index in [1.54, 1.807) is 53.4 Å². The third kappa shape index (κ3) is 5.31. The molecule has 1 aliphatic rings. The molecule has 2 aromatic rings. The van der Waals surface area contributed by atoms with E-state index in [9.17, 15) is 18.0 Å². The number of hydrogen-bond acceptors (Lipinski definition) is 4. The molecule has 2 aromatic carbocycles. The molecule has 0 radical (unpaired) electrons. The summed E-state index contributed by atoms with van der Waals surface area (Å²) < 4.78 is 26.0. The summed E-state index contributed by atoms with van der Waals surface area (Å²) in [5.41, 5.74) is 7.07. The first kappa shape index (κ1) is 22.1. The van der Waals surface area contributed by atoms with Gasteiger partial charge in [0, 0.05) is 29.6 Å². The largest absolute Gasteiger partial charge is 0.369 e. The summed E-state index contributed by atoms with van der Waals surface area (Å²) in [5, 5.41) is 0.576. The highest BCUT2D eigenvalue weighted by Gasteiger charge is 2.26. The van der Waals surface area contributed by atoms with E-state index in [2.05, 4.69) is 0 Å². The van der Waals surface area contributed by atoms with Gasteiger partial charge in [-0.15, -0.1) is 0 Å². The molecule has 1 aliphatic heterocycles. The van der Waals surface area contributed by atoms with Crippen molar-refractivity contribution in [1.29, 1.82) is 0 Å². The van der Waals surface area contributed by atoms with Gasteiger partial charge in [-0.3, -0.25) is 13.9 Å². The lowest BCUT2D eigenvalue weighted by Crippen LogP contribution is -2.41. The van der Waals surface area contributed by atoms with Crippen LogP contribution in [0.2, 0.25) is 5.02 Å². The number of amides is 2. The maximum atomic E-state index is 12.7. The standard InChI is InChI=1S/C21H24ClN3O4S/c1-30(28,29)25(14-15-2-6-18(22)7-3-15)19-8-4-17(5-9-19)21(27)24-12-10-16(11-13-24)20(23)26/h2-9,16H,10-14H2,1H3,(H2,23,26). The third-order valence-electron chi connectivity index (χ3n) is 5.23. The van der Waals surface area contributed by atoms with Gasteiger partial charge >= 0.3 is 0 Å². The number of nitrogens with two attached hydrogens (primary N) is 1. The smallest absolute Gasteiger partial charge is 0.253 e. The molecule has 0 aromatic heterocycles. The third-order valence-corrected chi connectivity index (χ3v) is 6.62. The molecule has 30 heavy (non-hydrogen) atoms. The summed E-state index contributed by atoms with van der Waals surface area (Å²) in [6, 6.07) is 13.5. The highest BCUT2D eigenvalue weighted by Crippen LogP contribution is 2.24. The van der Waals surface area contributed by atoms with Crippen molar-refractivity contribution in [3.63, 3.8) is 0 Å². The molecule has 0 atom stereocenters. The quantitative estimate of drug-likeness (QED) is 0.732. The maximum Gasteiger partial charge on any atom is 0.253 e. The van der Waals surface area contributed by atoms with Crippen LogP contribution in [0.1, 0.15) is 28.8 Å². The number of nitrogens with zero attached hydrogens (tertiary/aromatic N) is 2. The van der Waals surface area contributed by atoms with Crippen LogP contribution in [0.15, 0.2) is 48.5 Å². The van der Waals surface area contributed by atoms with Crippen molar-refractivity contribution in [2.75, 3.05) is 23.7 Å². The molecule has 0 aliphatic carbocycles. The summed E-state index contributed by atoms with van der Waals surface area (Å²) in [7, 11) is -3.53. The molecule has 9 heteroatoms. The zero-order valence-electron chi connectivity index (χ0n) is 16.6.